The van der Waals surface area contributed by atoms with Gasteiger partial charge < -0.3 is 16.0 Å². The molecule has 1 fully saturated rings. The summed E-state index contributed by atoms with van der Waals surface area (Å²) in [6.07, 6.45) is 2.03. The highest BCUT2D eigenvalue weighted by Gasteiger charge is 2.25. The first kappa shape index (κ1) is 18.5. The van der Waals surface area contributed by atoms with Crippen molar-refractivity contribution >= 4 is 23.1 Å². The summed E-state index contributed by atoms with van der Waals surface area (Å²) in [7, 11) is 1.74. The molecule has 3 aromatic rings. The number of nitrogens with zero attached hydrogens (tertiary/aromatic N) is 5. The van der Waals surface area contributed by atoms with E-state index in [4.69, 9.17) is 10.7 Å². The number of aromatic nitrogens is 4. The van der Waals surface area contributed by atoms with E-state index in [9.17, 15) is 4.79 Å². The van der Waals surface area contributed by atoms with Gasteiger partial charge in [0, 0.05) is 32.7 Å². The van der Waals surface area contributed by atoms with Gasteiger partial charge in [-0.05, 0) is 25.3 Å². The lowest BCUT2D eigenvalue weighted by molar-refractivity contribution is 0.495. The summed E-state index contributed by atoms with van der Waals surface area (Å²) >= 11 is 0. The Bertz CT molecular complexity index is 1020. The van der Waals surface area contributed by atoms with Gasteiger partial charge in [-0.25, -0.2) is 0 Å². The van der Waals surface area contributed by atoms with Crippen molar-refractivity contribution < 1.29 is 0 Å². The first-order valence-electron chi connectivity index (χ1n) is 9.84. The van der Waals surface area contributed by atoms with Crippen molar-refractivity contribution in [3.05, 3.63) is 46.2 Å². The van der Waals surface area contributed by atoms with E-state index in [-0.39, 0.29) is 11.6 Å². The Balaban J connectivity index is 1.89. The molecule has 2 aromatic heterocycles. The van der Waals surface area contributed by atoms with E-state index in [2.05, 4.69) is 27.3 Å². The van der Waals surface area contributed by atoms with Crippen molar-refractivity contribution in [1.82, 2.24) is 19.1 Å². The van der Waals surface area contributed by atoms with Crippen LogP contribution in [0.5, 0.6) is 0 Å². The molecule has 1 saturated heterocycles. The van der Waals surface area contributed by atoms with Gasteiger partial charge in [-0.15, -0.1) is 0 Å². The molecule has 1 aromatic carbocycles. The van der Waals surface area contributed by atoms with Crippen molar-refractivity contribution in [3.63, 3.8) is 0 Å². The van der Waals surface area contributed by atoms with E-state index in [1.165, 1.54) is 0 Å². The zero-order valence-corrected chi connectivity index (χ0v) is 16.4. The van der Waals surface area contributed by atoms with E-state index in [1.807, 2.05) is 29.7 Å². The monoisotopic (exact) mass is 381 g/mol. The minimum Gasteiger partial charge on any atom is -0.356 e. The van der Waals surface area contributed by atoms with E-state index < -0.39 is 0 Å². The molecule has 28 heavy (non-hydrogen) atoms. The Morgan fingerprint density at radius 1 is 1.25 bits per heavy atom. The standard InChI is InChI=1S/C20H27N7O/c1-3-22-19-23-17-16(18(28)25(19)2)27(12-14-8-5-4-6-9-14)20(24-17)26-11-7-10-15(21)13-26/h4-6,8-9,15H,3,7,10-13,21H2,1-2H3,(H,22,23). The van der Waals surface area contributed by atoms with Gasteiger partial charge in [-0.3, -0.25) is 13.9 Å². The predicted molar refractivity (Wildman–Crippen MR) is 112 cm³/mol. The highest BCUT2D eigenvalue weighted by atomic mass is 16.1. The Morgan fingerprint density at radius 3 is 2.75 bits per heavy atom. The molecular weight excluding hydrogens is 354 g/mol. The molecule has 4 rings (SSSR count). The van der Waals surface area contributed by atoms with E-state index in [0.29, 0.717) is 30.2 Å². The topological polar surface area (TPSA) is 94.0 Å². The number of piperidine rings is 1. The molecule has 8 nitrogen and oxygen atoms in total. The Kier molecular flexibility index (Phi) is 5.04. The molecule has 3 heterocycles. The number of nitrogens with two attached hydrogens (primary N) is 1. The molecule has 0 radical (unpaired) electrons. The molecule has 1 aliphatic rings. The van der Waals surface area contributed by atoms with E-state index in [0.717, 1.165) is 37.4 Å². The van der Waals surface area contributed by atoms with Gasteiger partial charge in [0.25, 0.3) is 5.56 Å². The SMILES string of the molecule is CCNc1nc2nc(N3CCCC(N)C3)n(Cc3ccccc3)c2c(=O)n1C. The normalized spacial score (nSPS) is 17.2. The first-order valence-corrected chi connectivity index (χ1v) is 9.84. The van der Waals surface area contributed by atoms with Gasteiger partial charge in [-0.1, -0.05) is 30.3 Å². The lowest BCUT2D eigenvalue weighted by Crippen LogP contribution is -2.44. The predicted octanol–water partition coefficient (Wildman–Crippen LogP) is 1.54. The molecule has 0 bridgehead atoms. The number of anilines is 2. The molecular formula is C20H27N7O. The average molecular weight is 381 g/mol. The van der Waals surface area contributed by atoms with Crippen LogP contribution in [0.2, 0.25) is 0 Å². The number of imidazole rings is 1. The van der Waals surface area contributed by atoms with Gasteiger partial charge in [-0.2, -0.15) is 9.97 Å². The lowest BCUT2D eigenvalue weighted by atomic mass is 10.1. The zero-order valence-electron chi connectivity index (χ0n) is 16.4. The summed E-state index contributed by atoms with van der Waals surface area (Å²) in [5.41, 5.74) is 8.23. The number of benzene rings is 1. The first-order chi connectivity index (χ1) is 13.6. The van der Waals surface area contributed by atoms with Crippen LogP contribution < -0.4 is 21.5 Å². The zero-order chi connectivity index (χ0) is 19.7. The number of hydrogen-bond acceptors (Lipinski definition) is 6. The van der Waals surface area contributed by atoms with Crippen molar-refractivity contribution in [2.75, 3.05) is 29.9 Å². The molecule has 1 atom stereocenters. The summed E-state index contributed by atoms with van der Waals surface area (Å²) in [5, 5.41) is 3.14. The van der Waals surface area contributed by atoms with Crippen LogP contribution in [0.4, 0.5) is 11.9 Å². The molecule has 0 spiro atoms. The van der Waals surface area contributed by atoms with E-state index >= 15 is 0 Å². The Labute approximate surface area is 164 Å². The minimum atomic E-state index is -0.100. The van der Waals surface area contributed by atoms with Crippen molar-refractivity contribution in [1.29, 1.82) is 0 Å². The van der Waals surface area contributed by atoms with Gasteiger partial charge >= 0.3 is 0 Å². The maximum atomic E-state index is 13.2. The summed E-state index contributed by atoms with van der Waals surface area (Å²) < 4.78 is 3.55. The maximum Gasteiger partial charge on any atom is 0.281 e. The van der Waals surface area contributed by atoms with Crippen LogP contribution in [0.3, 0.4) is 0 Å². The Hall–Kier alpha value is -2.87. The second kappa shape index (κ2) is 7.63. The molecule has 3 N–H and O–H groups in total. The maximum absolute atomic E-state index is 13.2. The third-order valence-electron chi connectivity index (χ3n) is 5.22. The van der Waals surface area contributed by atoms with Crippen LogP contribution in [-0.2, 0) is 13.6 Å². The summed E-state index contributed by atoms with van der Waals surface area (Å²) in [6, 6.07) is 10.2. The van der Waals surface area contributed by atoms with Crippen LogP contribution in [0, 0.1) is 0 Å². The summed E-state index contributed by atoms with van der Waals surface area (Å²) in [6.45, 7) is 4.84. The third-order valence-corrected chi connectivity index (χ3v) is 5.22. The van der Waals surface area contributed by atoms with Gasteiger partial charge in [0.1, 0.15) is 0 Å². The molecule has 1 aliphatic heterocycles. The third kappa shape index (κ3) is 3.35. The second-order valence-corrected chi connectivity index (χ2v) is 7.33. The molecule has 148 valence electrons. The van der Waals surface area contributed by atoms with Crippen LogP contribution >= 0.6 is 0 Å². The largest absolute Gasteiger partial charge is 0.356 e. The fraction of sp³-hybridized carbons (Fsp3) is 0.450. The lowest BCUT2D eigenvalue weighted by Gasteiger charge is -2.31. The van der Waals surface area contributed by atoms with Crippen molar-refractivity contribution in [2.24, 2.45) is 12.8 Å². The quantitative estimate of drug-likeness (QED) is 0.696. The van der Waals surface area contributed by atoms with Crippen molar-refractivity contribution in [2.45, 2.75) is 32.4 Å². The number of nitrogens with one attached hydrogen (secondary N) is 1. The summed E-state index contributed by atoms with van der Waals surface area (Å²) in [5.74, 6) is 1.30. The van der Waals surface area contributed by atoms with Gasteiger partial charge in [0.2, 0.25) is 11.9 Å². The molecule has 0 aliphatic carbocycles. The van der Waals surface area contributed by atoms with Crippen LogP contribution in [-0.4, -0.2) is 44.8 Å². The smallest absolute Gasteiger partial charge is 0.281 e. The van der Waals surface area contributed by atoms with E-state index in [1.54, 1.807) is 11.6 Å². The van der Waals surface area contributed by atoms with Gasteiger partial charge in [0.15, 0.2) is 11.2 Å². The number of rotatable bonds is 5. The molecule has 8 heteroatoms. The number of fused-ring (bicyclic) bond motifs is 1. The summed E-state index contributed by atoms with van der Waals surface area (Å²) in [4.78, 5) is 24.8. The average Bonchev–Trinajstić information content (AvgIpc) is 3.05. The molecule has 1 unspecified atom stereocenters. The molecule has 0 amide bonds. The molecule has 0 saturated carbocycles. The minimum absolute atomic E-state index is 0.100. The fourth-order valence-electron chi connectivity index (χ4n) is 3.81. The van der Waals surface area contributed by atoms with Crippen LogP contribution in [0.15, 0.2) is 35.1 Å². The Morgan fingerprint density at radius 2 is 2.04 bits per heavy atom. The van der Waals surface area contributed by atoms with Crippen LogP contribution in [0.1, 0.15) is 25.3 Å². The highest BCUT2D eigenvalue weighted by molar-refractivity contribution is 5.75. The number of hydrogen-bond donors (Lipinski definition) is 2. The van der Waals surface area contributed by atoms with Gasteiger partial charge in [0.05, 0.1) is 6.54 Å². The second-order valence-electron chi connectivity index (χ2n) is 7.33. The highest BCUT2D eigenvalue weighted by Crippen LogP contribution is 2.24. The van der Waals surface area contributed by atoms with Crippen LogP contribution in [0.25, 0.3) is 11.2 Å². The fourth-order valence-corrected chi connectivity index (χ4v) is 3.81. The van der Waals surface area contributed by atoms with Crippen molar-refractivity contribution in [3.8, 4) is 0 Å².